The lowest BCUT2D eigenvalue weighted by Gasteiger charge is -2.12. The Labute approximate surface area is 159 Å². The second-order valence-corrected chi connectivity index (χ2v) is 7.33. The summed E-state index contributed by atoms with van der Waals surface area (Å²) in [5.74, 6) is 0.932. The highest BCUT2D eigenvalue weighted by Crippen LogP contribution is 2.23. The van der Waals surface area contributed by atoms with Crippen molar-refractivity contribution in [2.75, 3.05) is 11.9 Å². The number of carbonyl (C=O) groups is 1. The van der Waals surface area contributed by atoms with Crippen LogP contribution >= 0.6 is 0 Å². The quantitative estimate of drug-likeness (QED) is 0.699. The van der Waals surface area contributed by atoms with E-state index in [1.165, 1.54) is 11.1 Å². The van der Waals surface area contributed by atoms with E-state index in [9.17, 15) is 4.79 Å². The molecule has 27 heavy (non-hydrogen) atoms. The van der Waals surface area contributed by atoms with Crippen LogP contribution in [0.2, 0.25) is 0 Å². The van der Waals surface area contributed by atoms with Gasteiger partial charge in [0.05, 0.1) is 18.1 Å². The van der Waals surface area contributed by atoms with Gasteiger partial charge in [-0.15, -0.1) is 0 Å². The molecule has 2 heterocycles. The fourth-order valence-electron chi connectivity index (χ4n) is 3.12. The number of nitrogens with zero attached hydrogens (tertiary/aromatic N) is 3. The number of aromatic nitrogens is 3. The van der Waals surface area contributed by atoms with Crippen molar-refractivity contribution in [1.82, 2.24) is 14.8 Å². The summed E-state index contributed by atoms with van der Waals surface area (Å²) in [5.41, 5.74) is 3.89. The Morgan fingerprint density at radius 3 is 2.63 bits per heavy atom. The lowest BCUT2D eigenvalue weighted by atomic mass is 9.98. The lowest BCUT2D eigenvalue weighted by Crippen LogP contribution is -2.20. The van der Waals surface area contributed by atoms with E-state index in [0.717, 1.165) is 11.0 Å². The zero-order valence-electron chi connectivity index (χ0n) is 16.5. The standard InChI is InChI=1S/C21H26N4O2/c1-13(2)19-7-6-18(8-15(19)5)27-12-20(26)24-17-9-16-10-23-25(14(3)4)21(16)22-11-17/h6-11,13-14H,12H2,1-5H3,(H,24,26). The number of hydrogen-bond acceptors (Lipinski definition) is 4. The molecule has 0 aliphatic rings. The van der Waals surface area contributed by atoms with E-state index >= 15 is 0 Å². The normalized spacial score (nSPS) is 11.4. The Balaban J connectivity index is 1.62. The molecule has 0 fully saturated rings. The van der Waals surface area contributed by atoms with Crippen molar-refractivity contribution in [2.45, 2.75) is 46.6 Å². The first-order valence-corrected chi connectivity index (χ1v) is 9.21. The van der Waals surface area contributed by atoms with Crippen LogP contribution in [0.15, 0.2) is 36.7 Å². The van der Waals surface area contributed by atoms with E-state index in [2.05, 4.69) is 56.1 Å². The number of hydrogen-bond donors (Lipinski definition) is 1. The van der Waals surface area contributed by atoms with Gasteiger partial charge < -0.3 is 10.1 Å². The number of carbonyl (C=O) groups excluding carboxylic acids is 1. The molecule has 0 unspecified atom stereocenters. The van der Waals surface area contributed by atoms with Crippen molar-refractivity contribution in [3.63, 3.8) is 0 Å². The molecule has 0 spiro atoms. The van der Waals surface area contributed by atoms with Crippen LogP contribution in [0.1, 0.15) is 50.8 Å². The van der Waals surface area contributed by atoms with E-state index in [0.29, 0.717) is 17.4 Å². The number of fused-ring (bicyclic) bond motifs is 1. The number of amides is 1. The molecule has 0 bridgehead atoms. The Bertz CT molecular complexity index is 960. The number of nitrogens with one attached hydrogen (secondary N) is 1. The Hall–Kier alpha value is -2.89. The maximum Gasteiger partial charge on any atom is 0.262 e. The largest absolute Gasteiger partial charge is 0.484 e. The van der Waals surface area contributed by atoms with Gasteiger partial charge in [0.15, 0.2) is 12.3 Å². The minimum Gasteiger partial charge on any atom is -0.484 e. The average molecular weight is 366 g/mol. The summed E-state index contributed by atoms with van der Waals surface area (Å²) in [4.78, 5) is 16.6. The predicted molar refractivity (Wildman–Crippen MR) is 107 cm³/mol. The number of aryl methyl sites for hydroxylation is 1. The fourth-order valence-corrected chi connectivity index (χ4v) is 3.12. The van der Waals surface area contributed by atoms with E-state index in [1.807, 2.05) is 22.9 Å². The molecule has 0 saturated carbocycles. The molecule has 0 aliphatic carbocycles. The van der Waals surface area contributed by atoms with Gasteiger partial charge in [-0.05, 0) is 56.0 Å². The van der Waals surface area contributed by atoms with Crippen LogP contribution < -0.4 is 10.1 Å². The van der Waals surface area contributed by atoms with Crippen molar-refractivity contribution in [1.29, 1.82) is 0 Å². The summed E-state index contributed by atoms with van der Waals surface area (Å²) < 4.78 is 7.48. The van der Waals surface area contributed by atoms with Crippen LogP contribution in [-0.4, -0.2) is 27.3 Å². The zero-order valence-corrected chi connectivity index (χ0v) is 16.5. The highest BCUT2D eigenvalue weighted by Gasteiger charge is 2.10. The minimum absolute atomic E-state index is 0.0518. The van der Waals surface area contributed by atoms with Gasteiger partial charge in [0.25, 0.3) is 5.91 Å². The summed E-state index contributed by atoms with van der Waals surface area (Å²) in [5, 5.41) is 8.05. The van der Waals surface area contributed by atoms with E-state index in [-0.39, 0.29) is 18.6 Å². The van der Waals surface area contributed by atoms with Crippen LogP contribution in [0.3, 0.4) is 0 Å². The third-order valence-electron chi connectivity index (χ3n) is 4.44. The molecule has 6 nitrogen and oxygen atoms in total. The van der Waals surface area contributed by atoms with Crippen LogP contribution in [0.5, 0.6) is 5.75 Å². The average Bonchev–Trinajstić information content (AvgIpc) is 3.03. The Kier molecular flexibility index (Phi) is 5.44. The summed E-state index contributed by atoms with van der Waals surface area (Å²) in [7, 11) is 0. The maximum atomic E-state index is 12.2. The third kappa shape index (κ3) is 4.27. The van der Waals surface area contributed by atoms with Gasteiger partial charge in [0.1, 0.15) is 5.75 Å². The number of anilines is 1. The number of pyridine rings is 1. The molecule has 0 saturated heterocycles. The molecular formula is C21H26N4O2. The molecule has 2 aromatic heterocycles. The molecule has 1 N–H and O–H groups in total. The monoisotopic (exact) mass is 366 g/mol. The van der Waals surface area contributed by atoms with Gasteiger partial charge in [0, 0.05) is 11.4 Å². The van der Waals surface area contributed by atoms with E-state index in [1.54, 1.807) is 12.4 Å². The summed E-state index contributed by atoms with van der Waals surface area (Å²) >= 11 is 0. The van der Waals surface area contributed by atoms with Gasteiger partial charge in [-0.3, -0.25) is 4.79 Å². The van der Waals surface area contributed by atoms with Gasteiger partial charge in [0.2, 0.25) is 0 Å². The van der Waals surface area contributed by atoms with E-state index in [4.69, 9.17) is 4.74 Å². The maximum absolute atomic E-state index is 12.2. The lowest BCUT2D eigenvalue weighted by molar-refractivity contribution is -0.118. The second-order valence-electron chi connectivity index (χ2n) is 7.33. The van der Waals surface area contributed by atoms with Crippen molar-refractivity contribution in [3.05, 3.63) is 47.8 Å². The van der Waals surface area contributed by atoms with Crippen molar-refractivity contribution in [3.8, 4) is 5.75 Å². The smallest absolute Gasteiger partial charge is 0.262 e. The highest BCUT2D eigenvalue weighted by atomic mass is 16.5. The first kappa shape index (κ1) is 18.9. The topological polar surface area (TPSA) is 69.0 Å². The third-order valence-corrected chi connectivity index (χ3v) is 4.44. The highest BCUT2D eigenvalue weighted by molar-refractivity contribution is 5.93. The molecule has 1 aromatic carbocycles. The zero-order chi connectivity index (χ0) is 19.6. The Morgan fingerprint density at radius 1 is 1.19 bits per heavy atom. The van der Waals surface area contributed by atoms with Gasteiger partial charge in [-0.1, -0.05) is 19.9 Å². The first-order valence-electron chi connectivity index (χ1n) is 9.21. The van der Waals surface area contributed by atoms with Crippen molar-refractivity contribution < 1.29 is 9.53 Å². The Morgan fingerprint density at radius 2 is 1.96 bits per heavy atom. The number of rotatable bonds is 6. The minimum atomic E-state index is -0.224. The molecule has 142 valence electrons. The summed E-state index contributed by atoms with van der Waals surface area (Å²) in [6, 6.07) is 8.03. The van der Waals surface area contributed by atoms with Crippen molar-refractivity contribution >= 4 is 22.6 Å². The predicted octanol–water partition coefficient (Wildman–Crippen LogP) is 4.46. The van der Waals surface area contributed by atoms with Crippen LogP contribution in [0, 0.1) is 6.92 Å². The molecule has 0 aliphatic heterocycles. The molecule has 3 aromatic rings. The van der Waals surface area contributed by atoms with Crippen molar-refractivity contribution in [2.24, 2.45) is 0 Å². The molecular weight excluding hydrogens is 340 g/mol. The van der Waals surface area contributed by atoms with Crippen LogP contribution in [0.25, 0.3) is 11.0 Å². The van der Waals surface area contributed by atoms with Gasteiger partial charge in [-0.2, -0.15) is 5.10 Å². The van der Waals surface area contributed by atoms with E-state index < -0.39 is 0 Å². The number of ether oxygens (including phenoxy) is 1. The van der Waals surface area contributed by atoms with Gasteiger partial charge in [-0.25, -0.2) is 9.67 Å². The molecule has 1 amide bonds. The molecule has 0 radical (unpaired) electrons. The molecule has 3 rings (SSSR count). The first-order chi connectivity index (χ1) is 12.8. The van der Waals surface area contributed by atoms with Crippen LogP contribution in [0.4, 0.5) is 5.69 Å². The SMILES string of the molecule is Cc1cc(OCC(=O)Nc2cnc3c(cnn3C(C)C)c2)ccc1C(C)C. The molecule has 0 atom stereocenters. The van der Waals surface area contributed by atoms with Crippen LogP contribution in [-0.2, 0) is 4.79 Å². The van der Waals surface area contributed by atoms with Gasteiger partial charge >= 0.3 is 0 Å². The molecule has 6 heteroatoms. The fraction of sp³-hybridized carbons (Fsp3) is 0.381. The summed E-state index contributed by atoms with van der Waals surface area (Å²) in [6.07, 6.45) is 3.40. The number of benzene rings is 1. The second kappa shape index (κ2) is 7.78. The summed E-state index contributed by atoms with van der Waals surface area (Å²) in [6.45, 7) is 10.4.